The smallest absolute Gasteiger partial charge is 0.271 e. The van der Waals surface area contributed by atoms with Crippen LogP contribution in [0.5, 0.6) is 0 Å². The Balaban J connectivity index is 3.03. The van der Waals surface area contributed by atoms with E-state index in [1.54, 1.807) is 0 Å². The molecule has 1 rings (SSSR count). The normalized spacial score (nSPS) is 11.3. The topological polar surface area (TPSA) is 72.2 Å². The van der Waals surface area contributed by atoms with Crippen molar-refractivity contribution < 1.29 is 12.8 Å². The van der Waals surface area contributed by atoms with Crippen LogP contribution < -0.4 is 9.86 Å². The van der Waals surface area contributed by atoms with Crippen molar-refractivity contribution in [3.05, 3.63) is 29.0 Å². The van der Waals surface area contributed by atoms with Gasteiger partial charge in [-0.25, -0.2) is 9.53 Å². The van der Waals surface area contributed by atoms with Gasteiger partial charge >= 0.3 is 0 Å². The highest BCUT2D eigenvalue weighted by Gasteiger charge is 2.04. The van der Waals surface area contributed by atoms with E-state index in [0.29, 0.717) is 0 Å². The van der Waals surface area contributed by atoms with Crippen molar-refractivity contribution in [3.63, 3.8) is 0 Å². The van der Waals surface area contributed by atoms with Gasteiger partial charge in [0.2, 0.25) is 0 Å². The second-order valence-corrected chi connectivity index (χ2v) is 4.04. The number of rotatable bonds is 2. The van der Waals surface area contributed by atoms with Crippen molar-refractivity contribution in [3.8, 4) is 0 Å². The minimum Gasteiger partial charge on any atom is -0.271 e. The Morgan fingerprint density at radius 1 is 1.38 bits per heavy atom. The molecule has 0 fully saturated rings. The van der Waals surface area contributed by atoms with Crippen LogP contribution in [0.2, 0.25) is 5.02 Å². The average molecular weight is 225 g/mol. The Bertz CT molecular complexity index is 400. The van der Waals surface area contributed by atoms with Crippen molar-refractivity contribution in [2.75, 3.05) is 4.72 Å². The van der Waals surface area contributed by atoms with E-state index in [1.165, 1.54) is 6.07 Å². The summed E-state index contributed by atoms with van der Waals surface area (Å²) in [4.78, 5) is 0. The van der Waals surface area contributed by atoms with Crippen LogP contribution in [0.15, 0.2) is 18.2 Å². The van der Waals surface area contributed by atoms with Gasteiger partial charge < -0.3 is 0 Å². The van der Waals surface area contributed by atoms with Crippen LogP contribution in [-0.2, 0) is 10.2 Å². The Kier molecular flexibility index (Phi) is 2.74. The van der Waals surface area contributed by atoms with E-state index in [2.05, 4.69) is 5.14 Å². The lowest BCUT2D eigenvalue weighted by molar-refractivity contribution is 0.602. The molecule has 0 saturated heterocycles. The van der Waals surface area contributed by atoms with Crippen molar-refractivity contribution in [2.24, 2.45) is 5.14 Å². The van der Waals surface area contributed by atoms with Crippen molar-refractivity contribution >= 4 is 27.5 Å². The third kappa shape index (κ3) is 3.58. The van der Waals surface area contributed by atoms with Crippen LogP contribution in [0.1, 0.15) is 0 Å². The summed E-state index contributed by atoms with van der Waals surface area (Å²) in [6.45, 7) is 0. The summed E-state index contributed by atoms with van der Waals surface area (Å²) >= 11 is 5.46. The van der Waals surface area contributed by atoms with E-state index in [0.717, 1.165) is 12.1 Å². The number of hydrogen-bond donors (Lipinski definition) is 2. The number of benzene rings is 1. The van der Waals surface area contributed by atoms with Gasteiger partial charge in [-0.1, -0.05) is 11.6 Å². The molecule has 1 aromatic rings. The van der Waals surface area contributed by atoms with Crippen LogP contribution in [0.4, 0.5) is 10.1 Å². The predicted molar refractivity (Wildman–Crippen MR) is 48.1 cm³/mol. The van der Waals surface area contributed by atoms with Crippen molar-refractivity contribution in [1.29, 1.82) is 0 Å². The van der Waals surface area contributed by atoms with Gasteiger partial charge in [0.05, 0.1) is 5.69 Å². The van der Waals surface area contributed by atoms with Gasteiger partial charge in [-0.2, -0.15) is 8.42 Å². The first-order valence-electron chi connectivity index (χ1n) is 3.13. The summed E-state index contributed by atoms with van der Waals surface area (Å²) in [7, 11) is -3.89. The molecule has 4 nitrogen and oxygen atoms in total. The second kappa shape index (κ2) is 3.49. The highest BCUT2D eigenvalue weighted by molar-refractivity contribution is 7.90. The summed E-state index contributed by atoms with van der Waals surface area (Å²) in [5, 5.41) is 4.75. The first kappa shape index (κ1) is 10.2. The van der Waals surface area contributed by atoms with Crippen molar-refractivity contribution in [2.45, 2.75) is 0 Å². The maximum Gasteiger partial charge on any atom is 0.296 e. The molecular weight excluding hydrogens is 219 g/mol. The van der Waals surface area contributed by atoms with Crippen LogP contribution in [0.3, 0.4) is 0 Å². The molecule has 0 unspecified atom stereocenters. The van der Waals surface area contributed by atoms with E-state index >= 15 is 0 Å². The SMILES string of the molecule is NS(=O)(=O)Nc1cc(F)cc(Cl)c1. The molecular formula is C6H6ClFN2O2S. The molecule has 0 aliphatic heterocycles. The summed E-state index contributed by atoms with van der Waals surface area (Å²) in [6.07, 6.45) is 0. The third-order valence-corrected chi connectivity index (χ3v) is 1.86. The Morgan fingerprint density at radius 2 is 2.00 bits per heavy atom. The molecule has 3 N–H and O–H groups in total. The zero-order valence-electron chi connectivity index (χ0n) is 6.29. The highest BCUT2D eigenvalue weighted by Crippen LogP contribution is 2.18. The molecule has 0 spiro atoms. The Hall–Kier alpha value is -0.850. The lowest BCUT2D eigenvalue weighted by atomic mass is 10.3. The third-order valence-electron chi connectivity index (χ3n) is 1.12. The number of nitrogens with one attached hydrogen (secondary N) is 1. The molecule has 0 heterocycles. The molecule has 1 aromatic carbocycles. The summed E-state index contributed by atoms with van der Waals surface area (Å²) in [5.74, 6) is -0.640. The number of anilines is 1. The van der Waals surface area contributed by atoms with Gasteiger partial charge in [-0.05, 0) is 18.2 Å². The molecule has 0 amide bonds. The number of hydrogen-bond acceptors (Lipinski definition) is 2. The number of halogens is 2. The fraction of sp³-hybridized carbons (Fsp3) is 0. The van der Waals surface area contributed by atoms with Gasteiger partial charge in [0.25, 0.3) is 10.2 Å². The molecule has 0 aromatic heterocycles. The van der Waals surface area contributed by atoms with Gasteiger partial charge in [-0.3, -0.25) is 4.72 Å². The Labute approximate surface area is 79.7 Å². The first-order valence-corrected chi connectivity index (χ1v) is 5.06. The molecule has 0 bridgehead atoms. The van der Waals surface area contributed by atoms with Gasteiger partial charge in [0.1, 0.15) is 5.82 Å². The summed E-state index contributed by atoms with van der Waals surface area (Å²) < 4.78 is 35.6. The van der Waals surface area contributed by atoms with Crippen LogP contribution in [0.25, 0.3) is 0 Å². The zero-order chi connectivity index (χ0) is 10.1. The predicted octanol–water partition coefficient (Wildman–Crippen LogP) is 1.09. The lowest BCUT2D eigenvalue weighted by Crippen LogP contribution is -2.21. The molecule has 0 aliphatic carbocycles. The van der Waals surface area contributed by atoms with Gasteiger partial charge in [0.15, 0.2) is 0 Å². The maximum atomic E-state index is 12.6. The zero-order valence-corrected chi connectivity index (χ0v) is 7.86. The minimum atomic E-state index is -3.89. The van der Waals surface area contributed by atoms with E-state index in [4.69, 9.17) is 11.6 Å². The minimum absolute atomic E-state index is 0.00694. The first-order chi connectivity index (χ1) is 5.87. The quantitative estimate of drug-likeness (QED) is 0.790. The fourth-order valence-corrected chi connectivity index (χ4v) is 1.45. The molecule has 0 aliphatic rings. The molecule has 7 heteroatoms. The van der Waals surface area contributed by atoms with Crippen LogP contribution in [0, 0.1) is 5.82 Å². The molecule has 72 valence electrons. The standard InChI is InChI=1S/C6H6ClFN2O2S/c7-4-1-5(8)3-6(2-4)10-13(9,11)12/h1-3,10H,(H2,9,11,12). The number of nitrogens with two attached hydrogens (primary N) is 1. The molecule has 0 saturated carbocycles. The molecule has 0 atom stereocenters. The van der Waals surface area contributed by atoms with Crippen LogP contribution in [-0.4, -0.2) is 8.42 Å². The summed E-state index contributed by atoms with van der Waals surface area (Å²) in [5.41, 5.74) is -0.00694. The fourth-order valence-electron chi connectivity index (χ4n) is 0.777. The summed E-state index contributed by atoms with van der Waals surface area (Å²) in [6, 6.07) is 3.27. The highest BCUT2D eigenvalue weighted by atomic mass is 35.5. The molecule has 0 radical (unpaired) electrons. The van der Waals surface area contributed by atoms with Gasteiger partial charge in [0, 0.05) is 5.02 Å². The molecule has 13 heavy (non-hydrogen) atoms. The Morgan fingerprint density at radius 3 is 2.46 bits per heavy atom. The maximum absolute atomic E-state index is 12.6. The lowest BCUT2D eigenvalue weighted by Gasteiger charge is -2.03. The second-order valence-electron chi connectivity index (χ2n) is 2.31. The van der Waals surface area contributed by atoms with E-state index < -0.39 is 16.0 Å². The van der Waals surface area contributed by atoms with E-state index in [-0.39, 0.29) is 10.7 Å². The van der Waals surface area contributed by atoms with E-state index in [9.17, 15) is 12.8 Å². The monoisotopic (exact) mass is 224 g/mol. The largest absolute Gasteiger partial charge is 0.296 e. The van der Waals surface area contributed by atoms with Gasteiger partial charge in [-0.15, -0.1) is 0 Å². The average Bonchev–Trinajstić information content (AvgIpc) is 1.78. The van der Waals surface area contributed by atoms with E-state index in [1.807, 2.05) is 4.72 Å². The van der Waals surface area contributed by atoms with Crippen LogP contribution >= 0.6 is 11.6 Å². The van der Waals surface area contributed by atoms with Crippen molar-refractivity contribution in [1.82, 2.24) is 0 Å².